The number of rotatable bonds is 13. The highest BCUT2D eigenvalue weighted by molar-refractivity contribution is 4.79. The van der Waals surface area contributed by atoms with E-state index in [4.69, 9.17) is 4.74 Å². The van der Waals surface area contributed by atoms with Crippen LogP contribution in [0.4, 0.5) is 0 Å². The molecule has 0 aromatic heterocycles. The fourth-order valence-electron chi connectivity index (χ4n) is 3.72. The van der Waals surface area contributed by atoms with Gasteiger partial charge in [-0.2, -0.15) is 0 Å². The van der Waals surface area contributed by atoms with Gasteiger partial charge in [-0.3, -0.25) is 0 Å². The molecule has 21 heavy (non-hydrogen) atoms. The normalized spacial score (nSPS) is 23.6. The summed E-state index contributed by atoms with van der Waals surface area (Å²) in [6.07, 6.45) is 16.4. The molecule has 0 aliphatic carbocycles. The second kappa shape index (κ2) is 12.5. The van der Waals surface area contributed by atoms with Crippen LogP contribution in [0.5, 0.6) is 0 Å². The topological polar surface area (TPSA) is 29.5 Å². The molecule has 1 saturated heterocycles. The van der Waals surface area contributed by atoms with Crippen molar-refractivity contribution in [1.82, 2.24) is 0 Å². The Balaban J connectivity index is 2.08. The molecule has 126 valence electrons. The van der Waals surface area contributed by atoms with Gasteiger partial charge in [-0.05, 0) is 18.3 Å². The summed E-state index contributed by atoms with van der Waals surface area (Å²) in [5.41, 5.74) is 0. The molecule has 2 heteroatoms. The number of aliphatic hydroxyl groups is 1. The third-order valence-corrected chi connectivity index (χ3v) is 5.07. The minimum absolute atomic E-state index is 0.118. The minimum atomic E-state index is 0.118. The van der Waals surface area contributed by atoms with Gasteiger partial charge in [0.15, 0.2) is 0 Å². The Bertz CT molecular complexity index is 230. The second-order valence-corrected chi connectivity index (χ2v) is 6.95. The molecule has 3 atom stereocenters. The molecule has 1 fully saturated rings. The first kappa shape index (κ1) is 19.0. The highest BCUT2D eigenvalue weighted by Crippen LogP contribution is 2.33. The van der Waals surface area contributed by atoms with Crippen LogP contribution in [0.25, 0.3) is 0 Å². The summed E-state index contributed by atoms with van der Waals surface area (Å²) in [5, 5.41) is 9.21. The molecule has 0 radical (unpaired) electrons. The maximum Gasteiger partial charge on any atom is 0.0809 e. The summed E-state index contributed by atoms with van der Waals surface area (Å²) in [6.45, 7) is 5.65. The van der Waals surface area contributed by atoms with Crippen LogP contribution in [0.2, 0.25) is 0 Å². The lowest BCUT2D eigenvalue weighted by Crippen LogP contribution is -2.16. The first-order valence-electron chi connectivity index (χ1n) is 9.54. The van der Waals surface area contributed by atoms with Crippen LogP contribution in [0.3, 0.4) is 0 Å². The van der Waals surface area contributed by atoms with Crippen molar-refractivity contribution >= 4 is 0 Å². The summed E-state index contributed by atoms with van der Waals surface area (Å²) < 4.78 is 5.67. The van der Waals surface area contributed by atoms with Crippen LogP contribution < -0.4 is 0 Å². The van der Waals surface area contributed by atoms with E-state index >= 15 is 0 Å². The first-order chi connectivity index (χ1) is 10.3. The van der Waals surface area contributed by atoms with Crippen LogP contribution in [0.15, 0.2) is 0 Å². The van der Waals surface area contributed by atoms with Gasteiger partial charge in [0.2, 0.25) is 0 Å². The third kappa shape index (κ3) is 8.21. The standard InChI is InChI=1S/C19H38O2/c1-3-5-6-7-8-9-10-11-13-17(12-4-2)18-14-19(15-20)21-16-18/h17-20H,3-16H2,1-2H3. The predicted octanol–water partition coefficient (Wildman–Crippen LogP) is 5.33. The molecule has 0 amide bonds. The molecular formula is C19H38O2. The molecule has 1 rings (SSSR count). The van der Waals surface area contributed by atoms with Crippen LogP contribution in [0, 0.1) is 11.8 Å². The van der Waals surface area contributed by atoms with Crippen LogP contribution in [0.1, 0.15) is 90.9 Å². The molecule has 0 saturated carbocycles. The van der Waals surface area contributed by atoms with E-state index in [0.29, 0.717) is 5.92 Å². The summed E-state index contributed by atoms with van der Waals surface area (Å²) in [6, 6.07) is 0. The zero-order chi connectivity index (χ0) is 15.3. The van der Waals surface area contributed by atoms with Gasteiger partial charge in [0.1, 0.15) is 0 Å². The lowest BCUT2D eigenvalue weighted by Gasteiger charge is -2.22. The summed E-state index contributed by atoms with van der Waals surface area (Å²) in [4.78, 5) is 0. The van der Waals surface area contributed by atoms with Crippen LogP contribution >= 0.6 is 0 Å². The Morgan fingerprint density at radius 1 is 0.905 bits per heavy atom. The third-order valence-electron chi connectivity index (χ3n) is 5.07. The van der Waals surface area contributed by atoms with Gasteiger partial charge in [-0.15, -0.1) is 0 Å². The molecule has 0 aromatic rings. The average molecular weight is 299 g/mol. The summed E-state index contributed by atoms with van der Waals surface area (Å²) in [7, 11) is 0. The summed E-state index contributed by atoms with van der Waals surface area (Å²) >= 11 is 0. The Kier molecular flexibility index (Phi) is 11.3. The van der Waals surface area contributed by atoms with E-state index < -0.39 is 0 Å². The maximum absolute atomic E-state index is 9.21. The van der Waals surface area contributed by atoms with E-state index in [1.54, 1.807) is 0 Å². The zero-order valence-corrected chi connectivity index (χ0v) is 14.5. The Morgan fingerprint density at radius 2 is 1.57 bits per heavy atom. The van der Waals surface area contributed by atoms with E-state index in [-0.39, 0.29) is 12.7 Å². The number of aliphatic hydroxyl groups excluding tert-OH is 1. The number of ether oxygens (including phenoxy) is 1. The smallest absolute Gasteiger partial charge is 0.0809 e. The lowest BCUT2D eigenvalue weighted by atomic mass is 9.83. The van der Waals surface area contributed by atoms with Crippen molar-refractivity contribution in [3.05, 3.63) is 0 Å². The Hall–Kier alpha value is -0.0800. The van der Waals surface area contributed by atoms with Crippen molar-refractivity contribution in [2.45, 2.75) is 97.0 Å². The lowest BCUT2D eigenvalue weighted by molar-refractivity contribution is 0.0554. The van der Waals surface area contributed by atoms with Crippen molar-refractivity contribution in [3.63, 3.8) is 0 Å². The van der Waals surface area contributed by atoms with E-state index in [1.165, 1.54) is 70.6 Å². The number of hydrogen-bond acceptors (Lipinski definition) is 2. The highest BCUT2D eigenvalue weighted by Gasteiger charge is 2.30. The van der Waals surface area contributed by atoms with Gasteiger partial charge in [0, 0.05) is 0 Å². The fourth-order valence-corrected chi connectivity index (χ4v) is 3.72. The van der Waals surface area contributed by atoms with E-state index in [9.17, 15) is 5.11 Å². The number of hydrogen-bond donors (Lipinski definition) is 1. The van der Waals surface area contributed by atoms with Gasteiger partial charge < -0.3 is 9.84 Å². The highest BCUT2D eigenvalue weighted by atomic mass is 16.5. The van der Waals surface area contributed by atoms with Crippen LogP contribution in [-0.2, 0) is 4.74 Å². The largest absolute Gasteiger partial charge is 0.394 e. The zero-order valence-electron chi connectivity index (χ0n) is 14.5. The van der Waals surface area contributed by atoms with E-state index in [1.807, 2.05) is 0 Å². The molecule has 1 heterocycles. The quantitative estimate of drug-likeness (QED) is 0.466. The molecule has 2 nitrogen and oxygen atoms in total. The van der Waals surface area contributed by atoms with Crippen molar-refractivity contribution in [1.29, 1.82) is 0 Å². The molecule has 1 aliphatic rings. The predicted molar refractivity (Wildman–Crippen MR) is 90.6 cm³/mol. The van der Waals surface area contributed by atoms with E-state index in [0.717, 1.165) is 18.9 Å². The number of unbranched alkanes of at least 4 members (excludes halogenated alkanes) is 7. The minimum Gasteiger partial charge on any atom is -0.394 e. The first-order valence-corrected chi connectivity index (χ1v) is 9.54. The van der Waals surface area contributed by atoms with Crippen molar-refractivity contribution in [2.75, 3.05) is 13.2 Å². The van der Waals surface area contributed by atoms with Gasteiger partial charge in [-0.1, -0.05) is 84.5 Å². The second-order valence-electron chi connectivity index (χ2n) is 6.95. The van der Waals surface area contributed by atoms with Gasteiger partial charge in [-0.25, -0.2) is 0 Å². The van der Waals surface area contributed by atoms with Gasteiger partial charge in [0.25, 0.3) is 0 Å². The van der Waals surface area contributed by atoms with Crippen LogP contribution in [-0.4, -0.2) is 24.4 Å². The van der Waals surface area contributed by atoms with E-state index in [2.05, 4.69) is 13.8 Å². The maximum atomic E-state index is 9.21. The van der Waals surface area contributed by atoms with Crippen molar-refractivity contribution in [2.24, 2.45) is 11.8 Å². The fraction of sp³-hybridized carbons (Fsp3) is 1.00. The summed E-state index contributed by atoms with van der Waals surface area (Å²) in [5.74, 6) is 1.53. The van der Waals surface area contributed by atoms with Gasteiger partial charge >= 0.3 is 0 Å². The SMILES string of the molecule is CCCCCCCCCCC(CCC)C1COC(CO)C1. The molecule has 0 spiro atoms. The Morgan fingerprint density at radius 3 is 2.14 bits per heavy atom. The molecular weight excluding hydrogens is 260 g/mol. The molecule has 1 N–H and O–H groups in total. The Labute approximate surface area is 132 Å². The average Bonchev–Trinajstić information content (AvgIpc) is 2.97. The van der Waals surface area contributed by atoms with Crippen molar-refractivity contribution in [3.8, 4) is 0 Å². The van der Waals surface area contributed by atoms with Gasteiger partial charge in [0.05, 0.1) is 19.3 Å². The monoisotopic (exact) mass is 298 g/mol. The molecule has 3 unspecified atom stereocenters. The molecule has 1 aliphatic heterocycles. The van der Waals surface area contributed by atoms with Crippen molar-refractivity contribution < 1.29 is 9.84 Å². The molecule has 0 bridgehead atoms. The molecule has 0 aromatic carbocycles.